The Kier molecular flexibility index (Phi) is 8.93. The molecule has 34 heavy (non-hydrogen) atoms. The minimum Gasteiger partial charge on any atom is -0.496 e. The summed E-state index contributed by atoms with van der Waals surface area (Å²) >= 11 is 6.31. The molecule has 178 valence electrons. The van der Waals surface area contributed by atoms with Crippen LogP contribution in [0.3, 0.4) is 0 Å². The summed E-state index contributed by atoms with van der Waals surface area (Å²) in [4.78, 5) is 23.7. The average molecular weight is 482 g/mol. The summed E-state index contributed by atoms with van der Waals surface area (Å²) in [6.45, 7) is 2.85. The third-order valence-corrected chi connectivity index (χ3v) is 5.58. The van der Waals surface area contributed by atoms with Crippen molar-refractivity contribution in [3.63, 3.8) is 0 Å². The SMILES string of the molecule is CCCOc1ccc(C(=O)NCc2cc(-c3cccc(CCC(=O)O)c3)ccc2OC)c(Cl)c1. The van der Waals surface area contributed by atoms with E-state index in [0.717, 1.165) is 28.7 Å². The third-order valence-electron chi connectivity index (χ3n) is 5.27. The van der Waals surface area contributed by atoms with Gasteiger partial charge in [0.15, 0.2) is 0 Å². The molecule has 0 aliphatic carbocycles. The van der Waals surface area contributed by atoms with Crippen molar-refractivity contribution in [1.29, 1.82) is 0 Å². The standard InChI is InChI=1S/C27H28ClNO5/c1-3-13-34-22-9-10-23(24(28)16-22)27(32)29-17-21-15-20(8-11-25(21)33-2)19-6-4-5-18(14-19)7-12-26(30)31/h4-6,8-11,14-16H,3,7,12-13,17H2,1-2H3,(H,29,32)(H,30,31). The number of halogens is 1. The molecule has 0 fully saturated rings. The van der Waals surface area contributed by atoms with Crippen molar-refractivity contribution in [2.24, 2.45) is 0 Å². The maximum Gasteiger partial charge on any atom is 0.303 e. The highest BCUT2D eigenvalue weighted by Gasteiger charge is 2.13. The highest BCUT2D eigenvalue weighted by atomic mass is 35.5. The van der Waals surface area contributed by atoms with Crippen LogP contribution in [0.5, 0.6) is 11.5 Å². The summed E-state index contributed by atoms with van der Waals surface area (Å²) in [6.07, 6.45) is 1.43. The Hall–Kier alpha value is -3.51. The van der Waals surface area contributed by atoms with Gasteiger partial charge in [0.05, 0.1) is 24.3 Å². The number of carbonyl (C=O) groups excluding carboxylic acids is 1. The molecule has 0 aliphatic rings. The largest absolute Gasteiger partial charge is 0.496 e. The number of hydrogen-bond donors (Lipinski definition) is 2. The Bertz CT molecular complexity index is 1160. The van der Waals surface area contributed by atoms with Crippen molar-refractivity contribution in [2.75, 3.05) is 13.7 Å². The second-order valence-corrected chi connectivity index (χ2v) is 8.20. The summed E-state index contributed by atoms with van der Waals surface area (Å²) in [5.74, 6) is 0.162. The molecule has 3 aromatic rings. The van der Waals surface area contributed by atoms with Crippen LogP contribution in [0, 0.1) is 0 Å². The second-order valence-electron chi connectivity index (χ2n) is 7.79. The predicted molar refractivity (Wildman–Crippen MR) is 133 cm³/mol. The molecule has 0 saturated heterocycles. The number of aliphatic carboxylic acids is 1. The van der Waals surface area contributed by atoms with Gasteiger partial charge in [-0.3, -0.25) is 9.59 Å². The fourth-order valence-corrected chi connectivity index (χ4v) is 3.77. The van der Waals surface area contributed by atoms with Crippen molar-refractivity contribution in [1.82, 2.24) is 5.32 Å². The molecular weight excluding hydrogens is 454 g/mol. The number of ether oxygens (including phenoxy) is 2. The van der Waals surface area contributed by atoms with E-state index in [1.807, 2.05) is 49.4 Å². The molecule has 7 heteroatoms. The average Bonchev–Trinajstić information content (AvgIpc) is 2.84. The van der Waals surface area contributed by atoms with Gasteiger partial charge in [0, 0.05) is 18.5 Å². The monoisotopic (exact) mass is 481 g/mol. The topological polar surface area (TPSA) is 84.9 Å². The quantitative estimate of drug-likeness (QED) is 0.364. The number of carboxylic acids is 1. The molecule has 0 bridgehead atoms. The van der Waals surface area contributed by atoms with E-state index in [9.17, 15) is 9.59 Å². The van der Waals surface area contributed by atoms with Crippen molar-refractivity contribution in [3.05, 3.63) is 82.4 Å². The van der Waals surface area contributed by atoms with Crippen LogP contribution in [-0.2, 0) is 17.8 Å². The van der Waals surface area contributed by atoms with Gasteiger partial charge in [-0.2, -0.15) is 0 Å². The number of carbonyl (C=O) groups is 2. The van der Waals surface area contributed by atoms with Gasteiger partial charge in [0.25, 0.3) is 5.91 Å². The van der Waals surface area contributed by atoms with Crippen LogP contribution < -0.4 is 14.8 Å². The Morgan fingerprint density at radius 3 is 2.53 bits per heavy atom. The van der Waals surface area contributed by atoms with Crippen LogP contribution in [0.15, 0.2) is 60.7 Å². The van der Waals surface area contributed by atoms with Gasteiger partial charge in [0.1, 0.15) is 11.5 Å². The Balaban J connectivity index is 1.75. The van der Waals surface area contributed by atoms with E-state index in [0.29, 0.717) is 35.1 Å². The number of aryl methyl sites for hydroxylation is 1. The molecule has 0 heterocycles. The molecule has 0 atom stereocenters. The fraction of sp³-hybridized carbons (Fsp3) is 0.259. The predicted octanol–water partition coefficient (Wildman–Crippen LogP) is 5.75. The number of nitrogens with one attached hydrogen (secondary N) is 1. The van der Waals surface area contributed by atoms with Crippen molar-refractivity contribution in [2.45, 2.75) is 32.7 Å². The Morgan fingerprint density at radius 1 is 1.03 bits per heavy atom. The molecule has 6 nitrogen and oxygen atoms in total. The number of amides is 1. The zero-order chi connectivity index (χ0) is 24.5. The number of methoxy groups -OCH3 is 1. The number of carboxylic acid groups (broad SMARTS) is 1. The maximum absolute atomic E-state index is 12.8. The minimum absolute atomic E-state index is 0.0810. The first-order chi connectivity index (χ1) is 16.4. The van der Waals surface area contributed by atoms with Gasteiger partial charge in [-0.15, -0.1) is 0 Å². The zero-order valence-electron chi connectivity index (χ0n) is 19.3. The van der Waals surface area contributed by atoms with Crippen LogP contribution in [0.25, 0.3) is 11.1 Å². The van der Waals surface area contributed by atoms with Crippen molar-refractivity contribution >= 4 is 23.5 Å². The molecule has 1 amide bonds. The molecular formula is C27H28ClNO5. The smallest absolute Gasteiger partial charge is 0.303 e. The van der Waals surface area contributed by atoms with E-state index in [1.54, 1.807) is 25.3 Å². The number of hydrogen-bond acceptors (Lipinski definition) is 4. The zero-order valence-corrected chi connectivity index (χ0v) is 20.0. The molecule has 0 aliphatic heterocycles. The molecule has 3 aromatic carbocycles. The molecule has 0 aromatic heterocycles. The van der Waals surface area contributed by atoms with Crippen LogP contribution in [0.4, 0.5) is 0 Å². The first kappa shape index (κ1) is 25.1. The molecule has 0 spiro atoms. The molecule has 2 N–H and O–H groups in total. The van der Waals surface area contributed by atoms with Gasteiger partial charge in [-0.05, 0) is 59.9 Å². The van der Waals surface area contributed by atoms with Gasteiger partial charge in [-0.25, -0.2) is 0 Å². The number of benzene rings is 3. The molecule has 0 radical (unpaired) electrons. The van der Waals surface area contributed by atoms with Crippen LogP contribution in [-0.4, -0.2) is 30.7 Å². The maximum atomic E-state index is 12.8. The molecule has 0 saturated carbocycles. The van der Waals surface area contributed by atoms with E-state index in [1.165, 1.54) is 0 Å². The normalized spacial score (nSPS) is 10.6. The van der Waals surface area contributed by atoms with Gasteiger partial charge in [0.2, 0.25) is 0 Å². The minimum atomic E-state index is -0.823. The van der Waals surface area contributed by atoms with E-state index >= 15 is 0 Å². The van der Waals surface area contributed by atoms with E-state index in [-0.39, 0.29) is 18.9 Å². The third kappa shape index (κ3) is 6.75. The van der Waals surface area contributed by atoms with Gasteiger partial charge < -0.3 is 19.9 Å². The lowest BCUT2D eigenvalue weighted by Crippen LogP contribution is -2.23. The summed E-state index contributed by atoms with van der Waals surface area (Å²) < 4.78 is 11.0. The summed E-state index contributed by atoms with van der Waals surface area (Å²) in [5, 5.41) is 12.2. The van der Waals surface area contributed by atoms with Crippen molar-refractivity contribution < 1.29 is 24.2 Å². The highest BCUT2D eigenvalue weighted by Crippen LogP contribution is 2.28. The Labute approximate surface area is 204 Å². The van der Waals surface area contributed by atoms with Crippen LogP contribution in [0.1, 0.15) is 41.3 Å². The molecule has 3 rings (SSSR count). The summed E-state index contributed by atoms with van der Waals surface area (Å²) in [5.41, 5.74) is 4.03. The lowest BCUT2D eigenvalue weighted by atomic mass is 9.99. The van der Waals surface area contributed by atoms with Crippen LogP contribution >= 0.6 is 11.6 Å². The summed E-state index contributed by atoms with van der Waals surface area (Å²) in [7, 11) is 1.58. The molecule has 0 unspecified atom stereocenters. The first-order valence-corrected chi connectivity index (χ1v) is 11.5. The second kappa shape index (κ2) is 12.1. The lowest BCUT2D eigenvalue weighted by Gasteiger charge is -2.13. The van der Waals surface area contributed by atoms with E-state index < -0.39 is 5.97 Å². The lowest BCUT2D eigenvalue weighted by molar-refractivity contribution is -0.136. The first-order valence-electron chi connectivity index (χ1n) is 11.1. The van der Waals surface area contributed by atoms with Crippen LogP contribution in [0.2, 0.25) is 5.02 Å². The Morgan fingerprint density at radius 2 is 1.82 bits per heavy atom. The van der Waals surface area contributed by atoms with E-state index in [2.05, 4.69) is 5.32 Å². The fourth-order valence-electron chi connectivity index (χ4n) is 3.51. The van der Waals surface area contributed by atoms with Crippen molar-refractivity contribution in [3.8, 4) is 22.6 Å². The van der Waals surface area contributed by atoms with Gasteiger partial charge in [-0.1, -0.05) is 48.9 Å². The summed E-state index contributed by atoms with van der Waals surface area (Å²) in [6, 6.07) is 18.6. The number of rotatable bonds is 11. The van der Waals surface area contributed by atoms with Gasteiger partial charge >= 0.3 is 5.97 Å². The highest BCUT2D eigenvalue weighted by molar-refractivity contribution is 6.34. The van der Waals surface area contributed by atoms with E-state index in [4.69, 9.17) is 26.2 Å².